The zero-order chi connectivity index (χ0) is 16.9. The van der Waals surface area contributed by atoms with Crippen molar-refractivity contribution in [2.45, 2.75) is 18.6 Å². The summed E-state index contributed by atoms with van der Waals surface area (Å²) < 4.78 is 20.3. The van der Waals surface area contributed by atoms with E-state index >= 15 is 0 Å². The highest BCUT2D eigenvalue weighted by Gasteiger charge is 2.10. The predicted octanol–water partition coefficient (Wildman–Crippen LogP) is 3.73. The van der Waals surface area contributed by atoms with Crippen LogP contribution in [0.25, 0.3) is 10.9 Å². The number of thioether (sulfide) groups is 1. The van der Waals surface area contributed by atoms with Crippen LogP contribution >= 0.6 is 11.8 Å². The number of para-hydroxylation sites is 1. The lowest BCUT2D eigenvalue weighted by Crippen LogP contribution is -2.22. The molecular formula is C18H17FN2O2S. The summed E-state index contributed by atoms with van der Waals surface area (Å²) in [6, 6.07) is 13.4. The molecule has 0 fully saturated rings. The average molecular weight is 344 g/mol. The van der Waals surface area contributed by atoms with E-state index in [1.54, 1.807) is 22.8 Å². The van der Waals surface area contributed by atoms with Crippen LogP contribution < -0.4 is 10.3 Å². The standard InChI is InChI=1S/C18H17FN2O2S/c1-2-21-17(22)15-8-3-4-9-16(15)20-18(21)24-11-10-23-14-7-5-6-13(19)12-14/h3-9,12H,2,10-11H2,1H3. The number of halogens is 1. The third-order valence-electron chi connectivity index (χ3n) is 3.52. The van der Waals surface area contributed by atoms with Crippen LogP contribution in [0.5, 0.6) is 5.75 Å². The monoisotopic (exact) mass is 344 g/mol. The quantitative estimate of drug-likeness (QED) is 0.388. The van der Waals surface area contributed by atoms with Crippen LogP contribution in [0.2, 0.25) is 0 Å². The minimum Gasteiger partial charge on any atom is -0.493 e. The van der Waals surface area contributed by atoms with Crippen molar-refractivity contribution in [2.75, 3.05) is 12.4 Å². The topological polar surface area (TPSA) is 44.1 Å². The number of hydrogen-bond acceptors (Lipinski definition) is 4. The number of ether oxygens (including phenoxy) is 1. The third-order valence-corrected chi connectivity index (χ3v) is 4.46. The average Bonchev–Trinajstić information content (AvgIpc) is 2.59. The Hall–Kier alpha value is -2.34. The molecule has 24 heavy (non-hydrogen) atoms. The predicted molar refractivity (Wildman–Crippen MR) is 94.3 cm³/mol. The SMILES string of the molecule is CCn1c(SCCOc2cccc(F)c2)nc2ccccc2c1=O. The van der Waals surface area contributed by atoms with Crippen molar-refractivity contribution in [3.8, 4) is 5.75 Å². The minimum atomic E-state index is -0.323. The van der Waals surface area contributed by atoms with Crippen molar-refractivity contribution in [1.82, 2.24) is 9.55 Å². The summed E-state index contributed by atoms with van der Waals surface area (Å²) in [6.07, 6.45) is 0. The van der Waals surface area contributed by atoms with E-state index in [1.807, 2.05) is 25.1 Å². The fourth-order valence-corrected chi connectivity index (χ4v) is 3.27. The van der Waals surface area contributed by atoms with Gasteiger partial charge >= 0.3 is 0 Å². The zero-order valence-corrected chi connectivity index (χ0v) is 14.1. The fraction of sp³-hybridized carbons (Fsp3) is 0.222. The molecule has 0 spiro atoms. The van der Waals surface area contributed by atoms with Gasteiger partial charge in [-0.25, -0.2) is 9.37 Å². The molecule has 0 bridgehead atoms. The lowest BCUT2D eigenvalue weighted by atomic mass is 10.2. The molecule has 1 aromatic heterocycles. The van der Waals surface area contributed by atoms with Crippen molar-refractivity contribution < 1.29 is 9.13 Å². The van der Waals surface area contributed by atoms with Crippen molar-refractivity contribution in [3.05, 3.63) is 64.7 Å². The summed E-state index contributed by atoms with van der Waals surface area (Å²) in [4.78, 5) is 17.1. The second kappa shape index (κ2) is 7.49. The van der Waals surface area contributed by atoms with Crippen molar-refractivity contribution >= 4 is 22.7 Å². The first kappa shape index (κ1) is 16.5. The van der Waals surface area contributed by atoms with E-state index < -0.39 is 0 Å². The molecule has 0 radical (unpaired) electrons. The number of aromatic nitrogens is 2. The molecule has 6 heteroatoms. The van der Waals surface area contributed by atoms with Crippen molar-refractivity contribution in [3.63, 3.8) is 0 Å². The van der Waals surface area contributed by atoms with Crippen molar-refractivity contribution in [2.24, 2.45) is 0 Å². The normalized spacial score (nSPS) is 10.9. The molecule has 0 aliphatic heterocycles. The Balaban J connectivity index is 1.72. The largest absolute Gasteiger partial charge is 0.493 e. The molecule has 0 saturated carbocycles. The van der Waals surface area contributed by atoms with Crippen molar-refractivity contribution in [1.29, 1.82) is 0 Å². The molecule has 0 amide bonds. The van der Waals surface area contributed by atoms with Crippen LogP contribution in [0.15, 0.2) is 58.5 Å². The summed E-state index contributed by atoms with van der Waals surface area (Å²) in [6.45, 7) is 2.88. The Morgan fingerprint density at radius 3 is 2.83 bits per heavy atom. The summed E-state index contributed by atoms with van der Waals surface area (Å²) >= 11 is 1.46. The van der Waals surface area contributed by atoms with E-state index in [4.69, 9.17) is 4.74 Å². The van der Waals surface area contributed by atoms with Crippen LogP contribution in [0, 0.1) is 5.82 Å². The van der Waals surface area contributed by atoms with Gasteiger partial charge in [0.25, 0.3) is 5.56 Å². The Morgan fingerprint density at radius 1 is 1.21 bits per heavy atom. The Kier molecular flexibility index (Phi) is 5.15. The molecule has 0 aliphatic rings. The van der Waals surface area contributed by atoms with Gasteiger partial charge in [-0.2, -0.15) is 0 Å². The number of nitrogens with zero attached hydrogens (tertiary/aromatic N) is 2. The third kappa shape index (κ3) is 3.59. The molecule has 2 aromatic carbocycles. The first-order chi connectivity index (χ1) is 11.7. The number of benzene rings is 2. The van der Waals surface area contributed by atoms with Gasteiger partial charge in [0.2, 0.25) is 0 Å². The van der Waals surface area contributed by atoms with E-state index in [2.05, 4.69) is 4.98 Å². The molecule has 1 heterocycles. The molecule has 124 valence electrons. The highest BCUT2D eigenvalue weighted by atomic mass is 32.2. The molecule has 0 saturated heterocycles. The van der Waals surface area contributed by atoms with E-state index in [0.29, 0.717) is 40.7 Å². The van der Waals surface area contributed by atoms with Gasteiger partial charge in [0.05, 0.1) is 17.5 Å². The van der Waals surface area contributed by atoms with Gasteiger partial charge in [0.15, 0.2) is 5.16 Å². The van der Waals surface area contributed by atoms with E-state index in [1.165, 1.54) is 23.9 Å². The minimum absolute atomic E-state index is 0.0309. The van der Waals surface area contributed by atoms with Crippen LogP contribution in [0.3, 0.4) is 0 Å². The van der Waals surface area contributed by atoms with Gasteiger partial charge in [0.1, 0.15) is 11.6 Å². The number of fused-ring (bicyclic) bond motifs is 1. The van der Waals surface area contributed by atoms with Gasteiger partial charge in [-0.15, -0.1) is 0 Å². The van der Waals surface area contributed by atoms with Crippen LogP contribution in [0.4, 0.5) is 4.39 Å². The van der Waals surface area contributed by atoms with Gasteiger partial charge in [0, 0.05) is 18.4 Å². The number of rotatable bonds is 6. The second-order valence-electron chi connectivity index (χ2n) is 5.12. The fourth-order valence-electron chi connectivity index (χ4n) is 2.39. The summed E-state index contributed by atoms with van der Waals surface area (Å²) in [5.74, 6) is 0.785. The summed E-state index contributed by atoms with van der Waals surface area (Å²) in [5.41, 5.74) is 0.664. The van der Waals surface area contributed by atoms with Gasteiger partial charge in [-0.05, 0) is 31.2 Å². The molecule has 3 rings (SSSR count). The molecular weight excluding hydrogens is 327 g/mol. The molecule has 3 aromatic rings. The van der Waals surface area contributed by atoms with E-state index in [9.17, 15) is 9.18 Å². The maximum absolute atomic E-state index is 13.1. The smallest absolute Gasteiger partial charge is 0.262 e. The highest BCUT2D eigenvalue weighted by Crippen LogP contribution is 2.18. The lowest BCUT2D eigenvalue weighted by molar-refractivity contribution is 0.341. The van der Waals surface area contributed by atoms with Gasteiger partial charge in [-0.1, -0.05) is 30.0 Å². The molecule has 0 N–H and O–H groups in total. The zero-order valence-electron chi connectivity index (χ0n) is 13.2. The molecule has 4 nitrogen and oxygen atoms in total. The number of hydrogen-bond donors (Lipinski definition) is 0. The van der Waals surface area contributed by atoms with Gasteiger partial charge in [-0.3, -0.25) is 9.36 Å². The van der Waals surface area contributed by atoms with Crippen LogP contribution in [0.1, 0.15) is 6.92 Å². The Labute approximate surface area is 143 Å². The van der Waals surface area contributed by atoms with E-state index in [-0.39, 0.29) is 11.4 Å². The summed E-state index contributed by atoms with van der Waals surface area (Å²) in [7, 11) is 0. The highest BCUT2D eigenvalue weighted by molar-refractivity contribution is 7.99. The maximum Gasteiger partial charge on any atom is 0.262 e. The second-order valence-corrected chi connectivity index (χ2v) is 6.18. The molecule has 0 unspecified atom stereocenters. The first-order valence-corrected chi connectivity index (χ1v) is 8.68. The molecule has 0 atom stereocenters. The van der Waals surface area contributed by atoms with Crippen LogP contribution in [-0.4, -0.2) is 21.9 Å². The lowest BCUT2D eigenvalue weighted by Gasteiger charge is -2.11. The van der Waals surface area contributed by atoms with Gasteiger partial charge < -0.3 is 4.74 Å². The first-order valence-electron chi connectivity index (χ1n) is 7.70. The molecule has 0 aliphatic carbocycles. The summed E-state index contributed by atoms with van der Waals surface area (Å²) in [5, 5.41) is 1.30. The Morgan fingerprint density at radius 2 is 2.04 bits per heavy atom. The van der Waals surface area contributed by atoms with E-state index in [0.717, 1.165) is 0 Å². The Bertz CT molecular complexity index is 911. The van der Waals surface area contributed by atoms with Crippen LogP contribution in [-0.2, 0) is 6.54 Å². The maximum atomic E-state index is 13.1.